The highest BCUT2D eigenvalue weighted by Gasteiger charge is 2.09. The van der Waals surface area contributed by atoms with Crippen LogP contribution in [0.3, 0.4) is 0 Å². The van der Waals surface area contributed by atoms with Crippen LogP contribution in [0.25, 0.3) is 0 Å². The van der Waals surface area contributed by atoms with E-state index in [1.165, 1.54) is 0 Å². The van der Waals surface area contributed by atoms with Gasteiger partial charge in [-0.15, -0.1) is 0 Å². The van der Waals surface area contributed by atoms with Crippen LogP contribution in [0.15, 0.2) is 54.6 Å². The Morgan fingerprint density at radius 3 is 1.79 bits per heavy atom. The van der Waals surface area contributed by atoms with Crippen molar-refractivity contribution in [1.82, 2.24) is 0 Å². The molecule has 0 unspecified atom stereocenters. The van der Waals surface area contributed by atoms with Crippen molar-refractivity contribution in [2.45, 2.75) is 0 Å². The zero-order chi connectivity index (χ0) is 13.5. The van der Waals surface area contributed by atoms with Crippen molar-refractivity contribution in [2.75, 3.05) is 13.2 Å². The fourth-order valence-corrected chi connectivity index (χ4v) is 1.57. The van der Waals surface area contributed by atoms with Gasteiger partial charge in [-0.1, -0.05) is 30.3 Å². The van der Waals surface area contributed by atoms with E-state index >= 15 is 0 Å². The second kappa shape index (κ2) is 6.82. The predicted molar refractivity (Wildman–Crippen MR) is 73.7 cm³/mol. The van der Waals surface area contributed by atoms with Gasteiger partial charge in [0.2, 0.25) is 0 Å². The molecule has 0 fully saturated rings. The lowest BCUT2D eigenvalue weighted by molar-refractivity contribution is 0.217. The number of para-hydroxylation sites is 1. The number of rotatable bonds is 6. The molecule has 98 valence electrons. The fraction of sp³-hybridized carbons (Fsp3) is 0.143. The Bertz CT molecular complexity index is 485. The normalized spacial score (nSPS) is 10.0. The molecule has 0 radical (unpaired) electrons. The molecule has 2 aromatic carbocycles. The Balaban J connectivity index is 1.74. The summed E-state index contributed by atoms with van der Waals surface area (Å²) in [5.41, 5.74) is 0.438. The summed E-state index contributed by atoms with van der Waals surface area (Å²) in [4.78, 5) is 0. The van der Waals surface area contributed by atoms with E-state index in [-0.39, 0.29) is 0 Å². The molecule has 4 nitrogen and oxygen atoms in total. The zero-order valence-electron chi connectivity index (χ0n) is 10.4. The standard InChI is InChI=1S/C14H15BO4/c16-15(17)12-6-8-14(9-7-12)19-11-10-18-13-4-2-1-3-5-13/h1-9,16-17H,10-11H2. The van der Waals surface area contributed by atoms with Crippen molar-refractivity contribution < 1.29 is 19.5 Å². The predicted octanol–water partition coefficient (Wildman–Crippen LogP) is 0.824. The highest BCUT2D eigenvalue weighted by molar-refractivity contribution is 6.58. The first-order valence-electron chi connectivity index (χ1n) is 6.02. The second-order valence-electron chi connectivity index (χ2n) is 3.95. The van der Waals surface area contributed by atoms with E-state index < -0.39 is 7.12 Å². The van der Waals surface area contributed by atoms with Gasteiger partial charge in [-0.2, -0.15) is 0 Å². The molecule has 2 rings (SSSR count). The lowest BCUT2D eigenvalue weighted by Crippen LogP contribution is -2.29. The summed E-state index contributed by atoms with van der Waals surface area (Å²) < 4.78 is 11.0. The first-order chi connectivity index (χ1) is 9.25. The molecule has 2 N–H and O–H groups in total. The highest BCUT2D eigenvalue weighted by atomic mass is 16.5. The van der Waals surface area contributed by atoms with Crippen LogP contribution in [0, 0.1) is 0 Å². The molecule has 19 heavy (non-hydrogen) atoms. The first kappa shape index (κ1) is 13.5. The molecule has 0 bridgehead atoms. The maximum atomic E-state index is 8.95. The van der Waals surface area contributed by atoms with Crippen LogP contribution >= 0.6 is 0 Å². The third kappa shape index (κ3) is 4.32. The van der Waals surface area contributed by atoms with Gasteiger partial charge in [-0.3, -0.25) is 0 Å². The van der Waals surface area contributed by atoms with E-state index in [1.54, 1.807) is 24.3 Å². The van der Waals surface area contributed by atoms with Crippen LogP contribution in [0.1, 0.15) is 0 Å². The second-order valence-corrected chi connectivity index (χ2v) is 3.95. The Morgan fingerprint density at radius 1 is 0.737 bits per heavy atom. The SMILES string of the molecule is OB(O)c1ccc(OCCOc2ccccc2)cc1. The zero-order valence-corrected chi connectivity index (χ0v) is 10.4. The van der Waals surface area contributed by atoms with Crippen molar-refractivity contribution in [3.05, 3.63) is 54.6 Å². The topological polar surface area (TPSA) is 58.9 Å². The Kier molecular flexibility index (Phi) is 4.83. The molecule has 0 amide bonds. The van der Waals surface area contributed by atoms with Gasteiger partial charge >= 0.3 is 7.12 Å². The Morgan fingerprint density at radius 2 is 1.26 bits per heavy atom. The molecule has 0 heterocycles. The van der Waals surface area contributed by atoms with Crippen molar-refractivity contribution in [3.63, 3.8) is 0 Å². The summed E-state index contributed by atoms with van der Waals surface area (Å²) in [5, 5.41) is 17.9. The molecular formula is C14H15BO4. The molecule has 0 spiro atoms. The van der Waals surface area contributed by atoms with E-state index in [0.29, 0.717) is 24.4 Å². The molecule has 0 aliphatic carbocycles. The van der Waals surface area contributed by atoms with E-state index in [9.17, 15) is 0 Å². The summed E-state index contributed by atoms with van der Waals surface area (Å²) in [7, 11) is -1.45. The van der Waals surface area contributed by atoms with Gasteiger partial charge in [0.15, 0.2) is 0 Å². The highest BCUT2D eigenvalue weighted by Crippen LogP contribution is 2.09. The molecule has 0 saturated carbocycles. The van der Waals surface area contributed by atoms with E-state index in [0.717, 1.165) is 5.75 Å². The number of hydrogen-bond donors (Lipinski definition) is 2. The van der Waals surface area contributed by atoms with Crippen molar-refractivity contribution >= 4 is 12.6 Å². The summed E-state index contributed by atoms with van der Waals surface area (Å²) in [6.45, 7) is 0.879. The summed E-state index contributed by atoms with van der Waals surface area (Å²) in [6, 6.07) is 16.1. The van der Waals surface area contributed by atoms with Crippen LogP contribution in [-0.4, -0.2) is 30.4 Å². The van der Waals surface area contributed by atoms with Gasteiger partial charge in [-0.05, 0) is 29.7 Å². The monoisotopic (exact) mass is 258 g/mol. The van der Waals surface area contributed by atoms with Gasteiger partial charge in [0.1, 0.15) is 24.7 Å². The quantitative estimate of drug-likeness (QED) is 0.595. The summed E-state index contributed by atoms with van der Waals surface area (Å²) in [5.74, 6) is 1.48. The average molecular weight is 258 g/mol. The van der Waals surface area contributed by atoms with Crippen molar-refractivity contribution in [1.29, 1.82) is 0 Å². The minimum absolute atomic E-state index is 0.427. The van der Waals surface area contributed by atoms with E-state index in [4.69, 9.17) is 19.5 Å². The minimum Gasteiger partial charge on any atom is -0.490 e. The Labute approximate surface area is 112 Å². The lowest BCUT2D eigenvalue weighted by Gasteiger charge is -2.08. The van der Waals surface area contributed by atoms with Gasteiger partial charge in [0.05, 0.1) is 0 Å². The minimum atomic E-state index is -1.45. The van der Waals surface area contributed by atoms with Gasteiger partial charge in [-0.25, -0.2) is 0 Å². The number of ether oxygens (including phenoxy) is 2. The summed E-state index contributed by atoms with van der Waals surface area (Å²) in [6.07, 6.45) is 0. The Hall–Kier alpha value is -1.98. The number of benzene rings is 2. The largest absolute Gasteiger partial charge is 0.490 e. The molecule has 0 saturated heterocycles. The van der Waals surface area contributed by atoms with E-state index in [2.05, 4.69) is 0 Å². The van der Waals surface area contributed by atoms with E-state index in [1.807, 2.05) is 30.3 Å². The molecule has 0 atom stereocenters. The van der Waals surface area contributed by atoms with Crippen LogP contribution in [0.4, 0.5) is 0 Å². The third-order valence-electron chi connectivity index (χ3n) is 2.54. The third-order valence-corrected chi connectivity index (χ3v) is 2.54. The first-order valence-corrected chi connectivity index (χ1v) is 6.02. The maximum Gasteiger partial charge on any atom is 0.488 e. The molecule has 0 aliphatic rings. The van der Waals surface area contributed by atoms with Crippen LogP contribution in [-0.2, 0) is 0 Å². The van der Waals surface area contributed by atoms with Crippen LogP contribution < -0.4 is 14.9 Å². The van der Waals surface area contributed by atoms with Crippen LogP contribution in [0.5, 0.6) is 11.5 Å². The van der Waals surface area contributed by atoms with Gasteiger partial charge < -0.3 is 19.5 Å². The summed E-state index contributed by atoms with van der Waals surface area (Å²) >= 11 is 0. The fourth-order valence-electron chi connectivity index (χ4n) is 1.57. The molecular weight excluding hydrogens is 243 g/mol. The molecule has 2 aromatic rings. The van der Waals surface area contributed by atoms with Crippen molar-refractivity contribution in [3.8, 4) is 11.5 Å². The average Bonchev–Trinajstić information content (AvgIpc) is 2.45. The molecule has 0 aliphatic heterocycles. The molecule has 5 heteroatoms. The smallest absolute Gasteiger partial charge is 0.488 e. The van der Waals surface area contributed by atoms with Crippen LogP contribution in [0.2, 0.25) is 0 Å². The van der Waals surface area contributed by atoms with Gasteiger partial charge in [0.25, 0.3) is 0 Å². The maximum absolute atomic E-state index is 8.95. The lowest BCUT2D eigenvalue weighted by atomic mass is 9.80. The van der Waals surface area contributed by atoms with Gasteiger partial charge in [0, 0.05) is 0 Å². The molecule has 0 aromatic heterocycles. The number of hydrogen-bond acceptors (Lipinski definition) is 4. The van der Waals surface area contributed by atoms with Crippen molar-refractivity contribution in [2.24, 2.45) is 0 Å².